The molecule has 2 rings (SSSR count). The fraction of sp³-hybridized carbons (Fsp3) is 0.474. The molecule has 21 heavy (non-hydrogen) atoms. The smallest absolute Gasteiger partial charge is 0.0320 e. The average Bonchev–Trinajstić information content (AvgIpc) is 2.42. The molecular formula is C19H26BrN. The summed E-state index contributed by atoms with van der Waals surface area (Å²) in [5.74, 6) is 0. The largest absolute Gasteiger partial charge is 0.310 e. The first-order valence-corrected chi connectivity index (χ1v) is 8.61. The second kappa shape index (κ2) is 6.93. The van der Waals surface area contributed by atoms with Crippen molar-refractivity contribution in [2.24, 2.45) is 5.41 Å². The molecule has 0 saturated carbocycles. The van der Waals surface area contributed by atoms with Crippen LogP contribution in [0.25, 0.3) is 10.8 Å². The zero-order chi connectivity index (χ0) is 15.5. The summed E-state index contributed by atoms with van der Waals surface area (Å²) in [5, 5.41) is 6.24. The molecule has 0 aliphatic carbocycles. The Labute approximate surface area is 137 Å². The molecule has 1 unspecified atom stereocenters. The van der Waals surface area contributed by atoms with Gasteiger partial charge < -0.3 is 5.32 Å². The molecule has 0 saturated heterocycles. The van der Waals surface area contributed by atoms with E-state index in [-0.39, 0.29) is 0 Å². The van der Waals surface area contributed by atoms with E-state index in [0.29, 0.717) is 11.5 Å². The van der Waals surface area contributed by atoms with Crippen molar-refractivity contribution < 1.29 is 0 Å². The van der Waals surface area contributed by atoms with E-state index in [4.69, 9.17) is 0 Å². The maximum Gasteiger partial charge on any atom is 0.0320 e. The molecule has 0 heterocycles. The molecule has 1 N–H and O–H groups in total. The Kier molecular flexibility index (Phi) is 5.45. The molecule has 0 bridgehead atoms. The zero-order valence-electron chi connectivity index (χ0n) is 13.5. The molecule has 0 fully saturated rings. The van der Waals surface area contributed by atoms with Gasteiger partial charge in [-0.25, -0.2) is 0 Å². The van der Waals surface area contributed by atoms with Gasteiger partial charge in [-0.3, -0.25) is 0 Å². The van der Waals surface area contributed by atoms with Crippen LogP contribution in [-0.4, -0.2) is 6.54 Å². The van der Waals surface area contributed by atoms with Gasteiger partial charge in [0.2, 0.25) is 0 Å². The Hall–Kier alpha value is -0.860. The number of hydrogen-bond acceptors (Lipinski definition) is 1. The first-order chi connectivity index (χ1) is 9.89. The Morgan fingerprint density at radius 3 is 2.38 bits per heavy atom. The molecule has 0 aliphatic rings. The van der Waals surface area contributed by atoms with Gasteiger partial charge >= 0.3 is 0 Å². The van der Waals surface area contributed by atoms with Gasteiger partial charge in [0.05, 0.1) is 0 Å². The van der Waals surface area contributed by atoms with Gasteiger partial charge in [0.15, 0.2) is 0 Å². The normalized spacial score (nSPS) is 13.6. The van der Waals surface area contributed by atoms with Crippen molar-refractivity contribution in [1.29, 1.82) is 0 Å². The predicted octanol–water partition coefficient (Wildman–Crippen LogP) is 6.08. The second-order valence-corrected chi connectivity index (χ2v) is 7.88. The van der Waals surface area contributed by atoms with Gasteiger partial charge in [-0.1, -0.05) is 61.8 Å². The minimum absolute atomic E-state index is 0.384. The molecule has 2 aromatic rings. The van der Waals surface area contributed by atoms with Gasteiger partial charge in [0.25, 0.3) is 0 Å². The van der Waals surface area contributed by atoms with Crippen LogP contribution >= 0.6 is 15.9 Å². The van der Waals surface area contributed by atoms with E-state index in [2.05, 4.69) is 85.3 Å². The van der Waals surface area contributed by atoms with E-state index in [1.807, 2.05) is 0 Å². The van der Waals surface area contributed by atoms with Crippen LogP contribution < -0.4 is 5.32 Å². The molecular weight excluding hydrogens is 322 g/mol. The lowest BCUT2D eigenvalue weighted by atomic mass is 9.87. The maximum atomic E-state index is 3.64. The van der Waals surface area contributed by atoms with E-state index in [1.54, 1.807) is 0 Å². The fourth-order valence-corrected chi connectivity index (χ4v) is 3.04. The lowest BCUT2D eigenvalue weighted by Crippen LogP contribution is -2.22. The third-order valence-corrected chi connectivity index (χ3v) is 4.36. The number of rotatable bonds is 5. The first-order valence-electron chi connectivity index (χ1n) is 7.81. The van der Waals surface area contributed by atoms with Crippen molar-refractivity contribution in [1.82, 2.24) is 5.32 Å². The molecule has 2 aromatic carbocycles. The number of benzene rings is 2. The third kappa shape index (κ3) is 4.82. The number of halogens is 1. The molecule has 2 heteroatoms. The molecule has 0 aliphatic heterocycles. The van der Waals surface area contributed by atoms with Crippen molar-refractivity contribution in [3.63, 3.8) is 0 Å². The molecule has 0 radical (unpaired) electrons. The van der Waals surface area contributed by atoms with Crippen molar-refractivity contribution in [2.75, 3.05) is 6.54 Å². The number of nitrogens with one attached hydrogen (secondary N) is 1. The standard InChI is InChI=1S/C19H26BrN/c1-5-21-18(10-11-19(2,3)4)16-7-6-15-13-17(20)9-8-14(15)12-16/h6-9,12-13,18,21H,5,10-11H2,1-4H3. The molecule has 0 spiro atoms. The Morgan fingerprint density at radius 2 is 1.71 bits per heavy atom. The topological polar surface area (TPSA) is 12.0 Å². The maximum absolute atomic E-state index is 3.64. The highest BCUT2D eigenvalue weighted by Gasteiger charge is 2.16. The van der Waals surface area contributed by atoms with Crippen LogP contribution in [-0.2, 0) is 0 Å². The molecule has 114 valence electrons. The van der Waals surface area contributed by atoms with Crippen molar-refractivity contribution in [2.45, 2.75) is 46.6 Å². The van der Waals surface area contributed by atoms with E-state index in [9.17, 15) is 0 Å². The first kappa shape index (κ1) is 16.5. The summed E-state index contributed by atoms with van der Waals surface area (Å²) in [6, 6.07) is 13.8. The highest BCUT2D eigenvalue weighted by atomic mass is 79.9. The Bertz CT molecular complexity index is 598. The third-order valence-electron chi connectivity index (χ3n) is 3.86. The van der Waals surface area contributed by atoms with Crippen molar-refractivity contribution >= 4 is 26.7 Å². The molecule has 1 nitrogen and oxygen atoms in total. The minimum Gasteiger partial charge on any atom is -0.310 e. The molecule has 1 atom stereocenters. The predicted molar refractivity (Wildman–Crippen MR) is 96.8 cm³/mol. The summed E-state index contributed by atoms with van der Waals surface area (Å²) in [5.41, 5.74) is 1.78. The minimum atomic E-state index is 0.384. The van der Waals surface area contributed by atoms with Crippen molar-refractivity contribution in [3.05, 3.63) is 46.4 Å². The van der Waals surface area contributed by atoms with Crippen LogP contribution in [0.2, 0.25) is 0 Å². The van der Waals surface area contributed by atoms with Gasteiger partial charge in [-0.15, -0.1) is 0 Å². The van der Waals surface area contributed by atoms with Crippen LogP contribution in [0.5, 0.6) is 0 Å². The lowest BCUT2D eigenvalue weighted by Gasteiger charge is -2.24. The van der Waals surface area contributed by atoms with Gasteiger partial charge in [-0.2, -0.15) is 0 Å². The highest BCUT2D eigenvalue weighted by molar-refractivity contribution is 9.10. The quantitative estimate of drug-likeness (QED) is 0.690. The monoisotopic (exact) mass is 347 g/mol. The molecule has 0 aromatic heterocycles. The summed E-state index contributed by atoms with van der Waals surface area (Å²) in [6.45, 7) is 10.1. The molecule has 0 amide bonds. The van der Waals surface area contributed by atoms with Gasteiger partial charge in [-0.05, 0) is 59.3 Å². The summed E-state index contributed by atoms with van der Waals surface area (Å²) in [7, 11) is 0. The average molecular weight is 348 g/mol. The van der Waals surface area contributed by atoms with Gasteiger partial charge in [0.1, 0.15) is 0 Å². The highest BCUT2D eigenvalue weighted by Crippen LogP contribution is 2.29. The van der Waals surface area contributed by atoms with E-state index < -0.39 is 0 Å². The zero-order valence-corrected chi connectivity index (χ0v) is 15.1. The van der Waals surface area contributed by atoms with Crippen molar-refractivity contribution in [3.8, 4) is 0 Å². The van der Waals surface area contributed by atoms with Crippen LogP contribution in [0.15, 0.2) is 40.9 Å². The SMILES string of the molecule is CCNC(CCC(C)(C)C)c1ccc2cc(Br)ccc2c1. The lowest BCUT2D eigenvalue weighted by molar-refractivity contribution is 0.334. The van der Waals surface area contributed by atoms with Crippen LogP contribution in [0, 0.1) is 5.41 Å². The van der Waals surface area contributed by atoms with Crippen LogP contribution in [0.4, 0.5) is 0 Å². The van der Waals surface area contributed by atoms with Gasteiger partial charge in [0, 0.05) is 10.5 Å². The summed E-state index contributed by atoms with van der Waals surface area (Å²) >= 11 is 3.54. The Morgan fingerprint density at radius 1 is 1.05 bits per heavy atom. The van der Waals surface area contributed by atoms with E-state index >= 15 is 0 Å². The summed E-state index contributed by atoms with van der Waals surface area (Å²) in [6.07, 6.45) is 2.41. The van der Waals surface area contributed by atoms with E-state index in [0.717, 1.165) is 11.0 Å². The summed E-state index contributed by atoms with van der Waals surface area (Å²) in [4.78, 5) is 0. The fourth-order valence-electron chi connectivity index (χ4n) is 2.66. The number of hydrogen-bond donors (Lipinski definition) is 1. The van der Waals surface area contributed by atoms with E-state index in [1.165, 1.54) is 29.2 Å². The van der Waals surface area contributed by atoms with Crippen LogP contribution in [0.3, 0.4) is 0 Å². The number of fused-ring (bicyclic) bond motifs is 1. The Balaban J connectivity index is 2.25. The second-order valence-electron chi connectivity index (χ2n) is 6.96. The summed E-state index contributed by atoms with van der Waals surface area (Å²) < 4.78 is 1.14. The van der Waals surface area contributed by atoms with Crippen LogP contribution in [0.1, 0.15) is 52.1 Å².